The van der Waals surface area contributed by atoms with Crippen LogP contribution in [-0.2, 0) is 10.2 Å². The Balaban J connectivity index is 1.75. The molecule has 6 heteroatoms. The highest BCUT2D eigenvalue weighted by Crippen LogP contribution is 2.46. The van der Waals surface area contributed by atoms with Crippen molar-refractivity contribution in [2.24, 2.45) is 0 Å². The summed E-state index contributed by atoms with van der Waals surface area (Å²) in [5.74, 6) is -0.000101. The molecule has 0 saturated heterocycles. The molecule has 5 nitrogen and oxygen atoms in total. The van der Waals surface area contributed by atoms with Crippen molar-refractivity contribution in [2.45, 2.75) is 51.0 Å². The minimum absolute atomic E-state index is 0.000101. The van der Waals surface area contributed by atoms with E-state index in [-0.39, 0.29) is 5.78 Å². The minimum Gasteiger partial charge on any atom is -0.444 e. The fourth-order valence-corrected chi connectivity index (χ4v) is 3.34. The Morgan fingerprint density at radius 3 is 2.26 bits per heavy atom. The molecule has 1 saturated carbocycles. The van der Waals surface area contributed by atoms with Gasteiger partial charge in [-0.15, -0.1) is 0 Å². The van der Waals surface area contributed by atoms with Crippen LogP contribution in [0.1, 0.15) is 56.1 Å². The van der Waals surface area contributed by atoms with Gasteiger partial charge in [0.25, 0.3) is 0 Å². The van der Waals surface area contributed by atoms with Crippen molar-refractivity contribution in [1.29, 1.82) is 0 Å². The van der Waals surface area contributed by atoms with Gasteiger partial charge in [-0.1, -0.05) is 30.2 Å². The Bertz CT molecular complexity index is 835. The van der Waals surface area contributed by atoms with Crippen molar-refractivity contribution in [1.82, 2.24) is 4.98 Å². The number of carbonyl (C=O) groups is 2. The van der Waals surface area contributed by atoms with Crippen LogP contribution < -0.4 is 5.32 Å². The second-order valence-corrected chi connectivity index (χ2v) is 8.27. The van der Waals surface area contributed by atoms with Crippen LogP contribution in [0.4, 0.5) is 10.5 Å². The summed E-state index contributed by atoms with van der Waals surface area (Å²) in [4.78, 5) is 29.3. The number of pyridine rings is 1. The Hall–Kier alpha value is -2.40. The number of nitrogens with one attached hydrogen (secondary N) is 1. The first-order chi connectivity index (χ1) is 12.7. The van der Waals surface area contributed by atoms with E-state index in [9.17, 15) is 9.59 Å². The number of amides is 1. The molecule has 1 aliphatic carbocycles. The van der Waals surface area contributed by atoms with Crippen molar-refractivity contribution >= 4 is 29.2 Å². The van der Waals surface area contributed by atoms with E-state index >= 15 is 0 Å². The number of aromatic nitrogens is 1. The van der Waals surface area contributed by atoms with Crippen molar-refractivity contribution in [3.63, 3.8) is 0 Å². The van der Waals surface area contributed by atoms with Crippen LogP contribution in [0.5, 0.6) is 0 Å². The van der Waals surface area contributed by atoms with Crippen LogP contribution in [0.3, 0.4) is 0 Å². The molecular formula is C21H23ClN2O3. The van der Waals surface area contributed by atoms with Gasteiger partial charge in [0.1, 0.15) is 11.3 Å². The van der Waals surface area contributed by atoms with Crippen LogP contribution in [0.15, 0.2) is 42.6 Å². The van der Waals surface area contributed by atoms with E-state index < -0.39 is 17.1 Å². The summed E-state index contributed by atoms with van der Waals surface area (Å²) in [7, 11) is 0. The maximum atomic E-state index is 13.1. The van der Waals surface area contributed by atoms with E-state index in [2.05, 4.69) is 10.3 Å². The van der Waals surface area contributed by atoms with Gasteiger partial charge in [-0.3, -0.25) is 15.1 Å². The third kappa shape index (κ3) is 4.30. The highest BCUT2D eigenvalue weighted by atomic mass is 35.5. The van der Waals surface area contributed by atoms with E-state index in [0.717, 1.165) is 24.8 Å². The second kappa shape index (κ2) is 7.31. The zero-order valence-corrected chi connectivity index (χ0v) is 16.5. The van der Waals surface area contributed by atoms with Crippen molar-refractivity contribution in [3.05, 3.63) is 58.9 Å². The van der Waals surface area contributed by atoms with Crippen molar-refractivity contribution in [2.75, 3.05) is 5.32 Å². The molecule has 3 rings (SSSR count). The Morgan fingerprint density at radius 2 is 1.78 bits per heavy atom. The maximum Gasteiger partial charge on any atom is 0.412 e. The number of nitrogens with zero attached hydrogens (tertiary/aromatic N) is 1. The van der Waals surface area contributed by atoms with Gasteiger partial charge in [-0.2, -0.15) is 0 Å². The van der Waals surface area contributed by atoms with Crippen molar-refractivity contribution < 1.29 is 14.3 Å². The van der Waals surface area contributed by atoms with Gasteiger partial charge in [0.15, 0.2) is 5.78 Å². The van der Waals surface area contributed by atoms with E-state index in [1.807, 2.05) is 24.3 Å². The molecule has 1 aliphatic rings. The SMILES string of the molecule is CC(C)(C)OC(=O)Nc1ccc(C(=O)C2(c3ccc(Cl)cc3)CCC2)nc1. The molecular weight excluding hydrogens is 364 g/mol. The average Bonchev–Trinajstić information content (AvgIpc) is 2.54. The zero-order chi connectivity index (χ0) is 19.7. The lowest BCUT2D eigenvalue weighted by molar-refractivity contribution is 0.0635. The number of anilines is 1. The molecule has 1 amide bonds. The molecule has 1 fully saturated rings. The summed E-state index contributed by atoms with van der Waals surface area (Å²) < 4.78 is 5.21. The van der Waals surface area contributed by atoms with Gasteiger partial charge in [0.05, 0.1) is 17.3 Å². The minimum atomic E-state index is -0.581. The second-order valence-electron chi connectivity index (χ2n) is 7.83. The van der Waals surface area contributed by atoms with E-state index in [1.165, 1.54) is 6.20 Å². The van der Waals surface area contributed by atoms with Crippen LogP contribution in [0, 0.1) is 0 Å². The first-order valence-electron chi connectivity index (χ1n) is 8.97. The number of ether oxygens (including phenoxy) is 1. The van der Waals surface area contributed by atoms with E-state index in [4.69, 9.17) is 16.3 Å². The number of hydrogen-bond donors (Lipinski definition) is 1. The summed E-state index contributed by atoms with van der Waals surface area (Å²) in [5.41, 5.74) is 0.732. The number of hydrogen-bond acceptors (Lipinski definition) is 4. The third-order valence-corrected chi connectivity index (χ3v) is 4.93. The summed E-state index contributed by atoms with van der Waals surface area (Å²) in [5, 5.41) is 3.27. The van der Waals surface area contributed by atoms with Crippen LogP contribution >= 0.6 is 11.6 Å². The lowest BCUT2D eigenvalue weighted by Crippen LogP contribution is -2.42. The zero-order valence-electron chi connectivity index (χ0n) is 15.7. The lowest BCUT2D eigenvalue weighted by Gasteiger charge is -2.40. The number of carbonyl (C=O) groups excluding carboxylic acids is 2. The largest absolute Gasteiger partial charge is 0.444 e. The first kappa shape index (κ1) is 19.4. The highest BCUT2D eigenvalue weighted by molar-refractivity contribution is 6.30. The monoisotopic (exact) mass is 386 g/mol. The molecule has 0 atom stereocenters. The lowest BCUT2D eigenvalue weighted by atomic mass is 9.61. The topological polar surface area (TPSA) is 68.3 Å². The van der Waals surface area contributed by atoms with Crippen molar-refractivity contribution in [3.8, 4) is 0 Å². The number of rotatable bonds is 4. The number of Topliss-reactive ketones (excluding diaryl/α,β-unsaturated/α-hetero) is 1. The van der Waals surface area contributed by atoms with Gasteiger partial charge in [-0.25, -0.2) is 4.79 Å². The summed E-state index contributed by atoms with van der Waals surface area (Å²) in [6.07, 6.45) is 3.53. The molecule has 27 heavy (non-hydrogen) atoms. The molecule has 0 spiro atoms. The first-order valence-corrected chi connectivity index (χ1v) is 9.34. The molecule has 0 aliphatic heterocycles. The van der Waals surface area contributed by atoms with Gasteiger partial charge in [0.2, 0.25) is 0 Å². The molecule has 0 unspecified atom stereocenters. The number of ketones is 1. The summed E-state index contributed by atoms with van der Waals surface area (Å²) >= 11 is 5.98. The van der Waals surface area contributed by atoms with E-state index in [1.54, 1.807) is 32.9 Å². The molecule has 0 radical (unpaired) electrons. The summed E-state index contributed by atoms with van der Waals surface area (Å²) in [6.45, 7) is 5.38. The smallest absolute Gasteiger partial charge is 0.412 e. The third-order valence-electron chi connectivity index (χ3n) is 4.68. The summed E-state index contributed by atoms with van der Waals surface area (Å²) in [6, 6.07) is 10.8. The van der Waals surface area contributed by atoms with E-state index in [0.29, 0.717) is 16.4 Å². The van der Waals surface area contributed by atoms with Gasteiger partial charge < -0.3 is 4.74 Å². The normalized spacial score (nSPS) is 15.6. The Kier molecular flexibility index (Phi) is 5.24. The molecule has 0 bridgehead atoms. The van der Waals surface area contributed by atoms with Gasteiger partial charge >= 0.3 is 6.09 Å². The Morgan fingerprint density at radius 1 is 1.11 bits per heavy atom. The molecule has 1 aromatic carbocycles. The predicted molar refractivity (Wildman–Crippen MR) is 105 cm³/mol. The fraction of sp³-hybridized carbons (Fsp3) is 0.381. The standard InChI is InChI=1S/C21H23ClN2O3/c1-20(2,3)27-19(26)24-16-9-10-17(23-13-16)18(25)21(11-4-12-21)14-5-7-15(22)8-6-14/h5-10,13H,4,11-12H2,1-3H3,(H,24,26). The molecule has 1 heterocycles. The molecule has 2 aromatic rings. The van der Waals surface area contributed by atoms with Crippen LogP contribution in [-0.4, -0.2) is 22.5 Å². The van der Waals surface area contributed by atoms with Crippen LogP contribution in [0.2, 0.25) is 5.02 Å². The number of benzene rings is 1. The average molecular weight is 387 g/mol. The maximum absolute atomic E-state index is 13.1. The number of halogens is 1. The Labute approximate surface area is 164 Å². The van der Waals surface area contributed by atoms with Gasteiger partial charge in [0, 0.05) is 5.02 Å². The molecule has 142 valence electrons. The predicted octanol–water partition coefficient (Wildman–Crippen LogP) is 5.39. The van der Waals surface area contributed by atoms with Gasteiger partial charge in [-0.05, 0) is 63.4 Å². The van der Waals surface area contributed by atoms with Crippen LogP contribution in [0.25, 0.3) is 0 Å². The highest BCUT2D eigenvalue weighted by Gasteiger charge is 2.46. The molecule has 1 N–H and O–H groups in total. The quantitative estimate of drug-likeness (QED) is 0.715. The molecule has 1 aromatic heterocycles. The fourth-order valence-electron chi connectivity index (χ4n) is 3.21.